The molecule has 0 unspecified atom stereocenters. The molecule has 4 aromatic rings. The van der Waals surface area contributed by atoms with Crippen molar-refractivity contribution in [3.63, 3.8) is 0 Å². The van der Waals surface area contributed by atoms with Crippen LogP contribution in [0.2, 0.25) is 10.0 Å². The number of fused-ring (bicyclic) bond motifs is 1. The molecule has 3 heterocycles. The van der Waals surface area contributed by atoms with E-state index in [1.54, 1.807) is 18.2 Å². The molecule has 1 aliphatic heterocycles. The normalized spacial score (nSPS) is 14.1. The molecule has 2 aromatic heterocycles. The molecule has 1 aliphatic rings. The van der Waals surface area contributed by atoms with Crippen molar-refractivity contribution in [3.05, 3.63) is 70.8 Å². The van der Waals surface area contributed by atoms with Crippen molar-refractivity contribution in [2.75, 3.05) is 42.0 Å². The molecule has 198 valence electrons. The number of anilines is 2. The molecule has 5 rings (SSSR count). The van der Waals surface area contributed by atoms with E-state index in [0.717, 1.165) is 41.9 Å². The van der Waals surface area contributed by atoms with Gasteiger partial charge in [0.2, 0.25) is 0 Å². The first-order valence-electron chi connectivity index (χ1n) is 11.6. The number of piperazine rings is 1. The summed E-state index contributed by atoms with van der Waals surface area (Å²) >= 11 is 12.1. The molecule has 0 amide bonds. The highest BCUT2D eigenvalue weighted by atomic mass is 35.5. The van der Waals surface area contributed by atoms with E-state index in [1.807, 2.05) is 29.0 Å². The number of hydrogen-bond donors (Lipinski definition) is 3. The molecular formula is C24H23Cl2N7O4S. The maximum atomic E-state index is 13.5. The number of sulfonamides is 1. The van der Waals surface area contributed by atoms with Gasteiger partial charge in [0.15, 0.2) is 11.6 Å². The average Bonchev–Trinajstić information content (AvgIpc) is 3.32. The molecule has 0 aliphatic carbocycles. The molecule has 0 bridgehead atoms. The Balaban J connectivity index is 1.48. The Morgan fingerprint density at radius 1 is 1.00 bits per heavy atom. The highest BCUT2D eigenvalue weighted by Crippen LogP contribution is 2.30. The molecule has 3 N–H and O–H groups in total. The summed E-state index contributed by atoms with van der Waals surface area (Å²) in [5, 5.41) is 22.2. The van der Waals surface area contributed by atoms with Crippen LogP contribution in [0, 0.1) is 0 Å². The maximum Gasteiger partial charge on any atom is 0.319 e. The summed E-state index contributed by atoms with van der Waals surface area (Å²) in [6.07, 6.45) is 1.81. The lowest BCUT2D eigenvalue weighted by Gasteiger charge is -2.27. The first-order chi connectivity index (χ1) is 18.2. The van der Waals surface area contributed by atoms with E-state index >= 15 is 0 Å². The van der Waals surface area contributed by atoms with Gasteiger partial charge in [-0.3, -0.25) is 9.36 Å². The summed E-state index contributed by atoms with van der Waals surface area (Å²) in [5.74, 6) is 0.179. The van der Waals surface area contributed by atoms with Crippen LogP contribution in [0.1, 0.15) is 0 Å². The molecule has 38 heavy (non-hydrogen) atoms. The summed E-state index contributed by atoms with van der Waals surface area (Å²) in [6.45, 7) is 2.88. The van der Waals surface area contributed by atoms with Crippen LogP contribution in [0.4, 0.5) is 11.5 Å². The lowest BCUT2D eigenvalue weighted by atomic mass is 10.2. The standard InChI is InChI=1S/C24H23Cl2N7O4S/c25-17-12-18(26)14-20(13-17)38(36,37)33(28-15-24(34)35)19-1-2-21-16(11-19)5-8-32(21)23-4-3-22(29-30-23)31-9-6-27-7-10-31/h1-5,8,11-14,27-28H,6-7,9-10,15H2,(H,34,35). The Bertz CT molecular complexity index is 1570. The molecule has 11 nitrogen and oxygen atoms in total. The van der Waals surface area contributed by atoms with Crippen molar-refractivity contribution in [1.82, 2.24) is 25.5 Å². The summed E-state index contributed by atoms with van der Waals surface area (Å²) in [5.41, 5.74) is 3.44. The van der Waals surface area contributed by atoms with Gasteiger partial charge >= 0.3 is 5.97 Å². The van der Waals surface area contributed by atoms with E-state index in [4.69, 9.17) is 23.2 Å². The number of carboxylic acid groups (broad SMARTS) is 1. The fourth-order valence-corrected chi connectivity index (χ4v) is 6.25. The van der Waals surface area contributed by atoms with Crippen LogP contribution < -0.4 is 20.1 Å². The Morgan fingerprint density at radius 3 is 2.34 bits per heavy atom. The van der Waals surface area contributed by atoms with Crippen molar-refractivity contribution in [1.29, 1.82) is 0 Å². The van der Waals surface area contributed by atoms with Crippen LogP contribution in [0.25, 0.3) is 16.7 Å². The van der Waals surface area contributed by atoms with Gasteiger partial charge in [0.1, 0.15) is 6.54 Å². The van der Waals surface area contributed by atoms with Gasteiger partial charge in [-0.2, -0.15) is 12.8 Å². The summed E-state index contributed by atoms with van der Waals surface area (Å²) in [6, 6.07) is 14.4. The number of rotatable bonds is 8. The molecule has 1 fully saturated rings. The highest BCUT2D eigenvalue weighted by Gasteiger charge is 2.27. The van der Waals surface area contributed by atoms with Crippen LogP contribution in [-0.2, 0) is 14.8 Å². The SMILES string of the molecule is O=C(O)CNN(c1ccc2c(ccn2-c2ccc(N3CCNCC3)nn2)c1)S(=O)(=O)c1cc(Cl)cc(Cl)c1. The second kappa shape index (κ2) is 10.8. The van der Waals surface area contributed by atoms with Gasteiger partial charge in [-0.05, 0) is 54.6 Å². The first kappa shape index (κ1) is 26.2. The minimum atomic E-state index is -4.27. The highest BCUT2D eigenvalue weighted by molar-refractivity contribution is 7.92. The van der Waals surface area contributed by atoms with Gasteiger partial charge in [-0.25, -0.2) is 5.43 Å². The summed E-state index contributed by atoms with van der Waals surface area (Å²) in [7, 11) is -4.27. The zero-order chi connectivity index (χ0) is 26.9. The number of benzene rings is 2. The van der Waals surface area contributed by atoms with Crippen molar-refractivity contribution >= 4 is 61.6 Å². The van der Waals surface area contributed by atoms with Gasteiger partial charge in [0.25, 0.3) is 10.0 Å². The Kier molecular flexibility index (Phi) is 7.41. The quantitative estimate of drug-likeness (QED) is 0.271. The summed E-state index contributed by atoms with van der Waals surface area (Å²) < 4.78 is 29.6. The zero-order valence-electron chi connectivity index (χ0n) is 19.9. The van der Waals surface area contributed by atoms with Crippen molar-refractivity contribution in [2.24, 2.45) is 0 Å². The average molecular weight is 576 g/mol. The van der Waals surface area contributed by atoms with Gasteiger partial charge < -0.3 is 15.3 Å². The number of aromatic nitrogens is 3. The number of halogens is 2. The number of nitrogens with zero attached hydrogens (tertiary/aromatic N) is 5. The fourth-order valence-electron chi connectivity index (χ4n) is 4.20. The molecule has 2 aromatic carbocycles. The Labute approximate surface area is 228 Å². The lowest BCUT2D eigenvalue weighted by molar-refractivity contribution is -0.135. The van der Waals surface area contributed by atoms with Crippen molar-refractivity contribution < 1.29 is 18.3 Å². The molecule has 0 radical (unpaired) electrons. The largest absolute Gasteiger partial charge is 0.480 e. The minimum Gasteiger partial charge on any atom is -0.480 e. The molecule has 0 spiro atoms. The molecule has 0 atom stereocenters. The van der Waals surface area contributed by atoms with E-state index in [9.17, 15) is 18.3 Å². The predicted octanol–water partition coefficient (Wildman–Crippen LogP) is 2.92. The predicted molar refractivity (Wildman–Crippen MR) is 146 cm³/mol. The van der Waals surface area contributed by atoms with Crippen LogP contribution in [0.15, 0.2) is 65.7 Å². The van der Waals surface area contributed by atoms with Gasteiger partial charge in [-0.1, -0.05) is 23.2 Å². The van der Waals surface area contributed by atoms with E-state index in [2.05, 4.69) is 25.8 Å². The third-order valence-electron chi connectivity index (χ3n) is 5.98. The Hall–Kier alpha value is -3.42. The van der Waals surface area contributed by atoms with Crippen LogP contribution in [-0.4, -0.2) is 67.0 Å². The third kappa shape index (κ3) is 5.40. The molecule has 1 saturated heterocycles. The number of aliphatic carboxylic acids is 1. The van der Waals surface area contributed by atoms with Gasteiger partial charge in [0, 0.05) is 47.8 Å². The van der Waals surface area contributed by atoms with E-state index < -0.39 is 22.5 Å². The summed E-state index contributed by atoms with van der Waals surface area (Å²) in [4.78, 5) is 13.2. The molecule has 14 heteroatoms. The van der Waals surface area contributed by atoms with Gasteiger partial charge in [-0.15, -0.1) is 10.2 Å². The van der Waals surface area contributed by atoms with Crippen LogP contribution >= 0.6 is 23.2 Å². The molecule has 0 saturated carbocycles. The second-order valence-corrected chi connectivity index (χ2v) is 11.2. The van der Waals surface area contributed by atoms with Crippen LogP contribution in [0.5, 0.6) is 0 Å². The smallest absolute Gasteiger partial charge is 0.319 e. The first-order valence-corrected chi connectivity index (χ1v) is 13.8. The van der Waals surface area contributed by atoms with E-state index in [1.165, 1.54) is 18.2 Å². The Morgan fingerprint density at radius 2 is 1.68 bits per heavy atom. The number of hydrogen-bond acceptors (Lipinski definition) is 8. The number of nitrogens with one attached hydrogen (secondary N) is 2. The lowest BCUT2D eigenvalue weighted by Crippen LogP contribution is -2.45. The number of carbonyl (C=O) groups is 1. The zero-order valence-corrected chi connectivity index (χ0v) is 22.2. The van der Waals surface area contributed by atoms with Crippen molar-refractivity contribution in [3.8, 4) is 5.82 Å². The minimum absolute atomic E-state index is 0.130. The maximum absolute atomic E-state index is 13.5. The van der Waals surface area contributed by atoms with Crippen LogP contribution in [0.3, 0.4) is 0 Å². The topological polar surface area (TPSA) is 133 Å². The monoisotopic (exact) mass is 575 g/mol. The molecular weight excluding hydrogens is 553 g/mol. The number of hydrazine groups is 1. The van der Waals surface area contributed by atoms with Crippen molar-refractivity contribution in [2.45, 2.75) is 4.90 Å². The van der Waals surface area contributed by atoms with Gasteiger partial charge in [0.05, 0.1) is 16.1 Å². The third-order valence-corrected chi connectivity index (χ3v) is 8.07. The fraction of sp³-hybridized carbons (Fsp3) is 0.208. The second-order valence-electron chi connectivity index (χ2n) is 8.52. The number of carboxylic acids is 1. The van der Waals surface area contributed by atoms with E-state index in [-0.39, 0.29) is 20.6 Å². The van der Waals surface area contributed by atoms with E-state index in [0.29, 0.717) is 11.2 Å².